The summed E-state index contributed by atoms with van der Waals surface area (Å²) in [5.74, 6) is 0.718. The number of hydrogen-bond donors (Lipinski definition) is 5. The van der Waals surface area contributed by atoms with Crippen LogP contribution in [-0.4, -0.2) is 46.1 Å². The number of hydrogen-bond acceptors (Lipinski definition) is 7. The fourth-order valence-electron chi connectivity index (χ4n) is 2.98. The molecule has 6 N–H and O–H groups in total. The summed E-state index contributed by atoms with van der Waals surface area (Å²) < 4.78 is 0. The largest absolute Gasteiger partial charge is 0.396 e. The molecule has 2 aliphatic rings. The van der Waals surface area contributed by atoms with Crippen LogP contribution < -0.4 is 21.5 Å². The average molecular weight is 267 g/mol. The Morgan fingerprint density at radius 3 is 2.89 bits per heavy atom. The quantitative estimate of drug-likeness (QED) is 0.452. The Labute approximate surface area is 109 Å². The zero-order valence-corrected chi connectivity index (χ0v) is 10.3. The van der Waals surface area contributed by atoms with Crippen molar-refractivity contribution in [3.63, 3.8) is 0 Å². The van der Waals surface area contributed by atoms with Gasteiger partial charge in [0.15, 0.2) is 5.82 Å². The average Bonchev–Trinajstić information content (AvgIpc) is 2.73. The monoisotopic (exact) mass is 267 g/mol. The van der Waals surface area contributed by atoms with E-state index in [0.717, 1.165) is 6.42 Å². The standard InChI is InChI=1S/C11H17N5O3/c12-11-14-9-8(10(19)15-11)13-4-16(9)7-1-5(2-17)6(7)3-18/h5-7,13,17-18H,1-4H2,(H3,12,14,15,19). The van der Waals surface area contributed by atoms with E-state index >= 15 is 0 Å². The van der Waals surface area contributed by atoms with E-state index in [1.807, 2.05) is 4.90 Å². The lowest BCUT2D eigenvalue weighted by molar-refractivity contribution is 0.0223. The molecule has 2 heterocycles. The van der Waals surface area contributed by atoms with Crippen molar-refractivity contribution in [1.82, 2.24) is 9.97 Å². The van der Waals surface area contributed by atoms with Gasteiger partial charge in [-0.05, 0) is 12.3 Å². The molecule has 3 unspecified atom stereocenters. The number of H-pyrrole nitrogens is 1. The van der Waals surface area contributed by atoms with Crippen LogP contribution in [0, 0.1) is 11.8 Å². The highest BCUT2D eigenvalue weighted by Gasteiger charge is 2.45. The highest BCUT2D eigenvalue weighted by Crippen LogP contribution is 2.42. The van der Waals surface area contributed by atoms with Gasteiger partial charge < -0.3 is 26.2 Å². The molecule has 104 valence electrons. The molecule has 1 fully saturated rings. The Bertz CT molecular complexity index is 546. The van der Waals surface area contributed by atoms with Crippen molar-refractivity contribution in [2.45, 2.75) is 12.5 Å². The van der Waals surface area contributed by atoms with E-state index in [1.54, 1.807) is 0 Å². The highest BCUT2D eigenvalue weighted by atomic mass is 16.3. The van der Waals surface area contributed by atoms with Gasteiger partial charge in [0.1, 0.15) is 5.69 Å². The topological polar surface area (TPSA) is 128 Å². The minimum Gasteiger partial charge on any atom is -0.396 e. The Morgan fingerprint density at radius 2 is 2.21 bits per heavy atom. The molecule has 0 aromatic carbocycles. The van der Waals surface area contributed by atoms with Crippen LogP contribution >= 0.6 is 0 Å². The van der Waals surface area contributed by atoms with E-state index in [4.69, 9.17) is 5.73 Å². The first kappa shape index (κ1) is 12.2. The summed E-state index contributed by atoms with van der Waals surface area (Å²) >= 11 is 0. The molecular weight excluding hydrogens is 250 g/mol. The zero-order valence-electron chi connectivity index (χ0n) is 10.3. The zero-order chi connectivity index (χ0) is 13.6. The summed E-state index contributed by atoms with van der Waals surface area (Å²) in [4.78, 5) is 20.3. The van der Waals surface area contributed by atoms with Crippen molar-refractivity contribution in [2.75, 3.05) is 35.8 Å². The third-order valence-electron chi connectivity index (χ3n) is 4.11. The minimum atomic E-state index is -0.288. The number of rotatable bonds is 3. The number of aliphatic hydroxyl groups is 2. The molecule has 0 saturated heterocycles. The summed E-state index contributed by atoms with van der Waals surface area (Å²) in [6, 6.07) is 0.0737. The van der Waals surface area contributed by atoms with Crippen molar-refractivity contribution >= 4 is 17.5 Å². The Balaban J connectivity index is 1.89. The van der Waals surface area contributed by atoms with E-state index in [-0.39, 0.29) is 42.6 Å². The first-order chi connectivity index (χ1) is 9.15. The molecule has 1 aromatic heterocycles. The molecule has 0 amide bonds. The lowest BCUT2D eigenvalue weighted by Crippen LogP contribution is -2.55. The van der Waals surface area contributed by atoms with Crippen LogP contribution in [0.15, 0.2) is 4.79 Å². The molecule has 3 atom stereocenters. The fraction of sp³-hybridized carbons (Fsp3) is 0.636. The van der Waals surface area contributed by atoms with Crippen LogP contribution in [0.1, 0.15) is 6.42 Å². The smallest absolute Gasteiger partial charge is 0.277 e. The fourth-order valence-corrected chi connectivity index (χ4v) is 2.98. The number of nitrogen functional groups attached to an aromatic ring is 1. The third kappa shape index (κ3) is 1.75. The molecule has 1 aromatic rings. The lowest BCUT2D eigenvalue weighted by Gasteiger charge is -2.47. The summed E-state index contributed by atoms with van der Waals surface area (Å²) in [7, 11) is 0. The highest BCUT2D eigenvalue weighted by molar-refractivity contribution is 5.71. The van der Waals surface area contributed by atoms with Crippen LogP contribution in [-0.2, 0) is 0 Å². The van der Waals surface area contributed by atoms with Crippen LogP contribution in [0.5, 0.6) is 0 Å². The number of fused-ring (bicyclic) bond motifs is 1. The van der Waals surface area contributed by atoms with Crippen molar-refractivity contribution in [1.29, 1.82) is 0 Å². The minimum absolute atomic E-state index is 0.0000576. The van der Waals surface area contributed by atoms with Crippen LogP contribution in [0.3, 0.4) is 0 Å². The van der Waals surface area contributed by atoms with Gasteiger partial charge in [-0.25, -0.2) is 0 Å². The first-order valence-corrected chi connectivity index (χ1v) is 6.27. The molecule has 0 spiro atoms. The summed E-state index contributed by atoms with van der Waals surface area (Å²) in [5.41, 5.74) is 5.69. The van der Waals surface area contributed by atoms with Gasteiger partial charge >= 0.3 is 0 Å². The summed E-state index contributed by atoms with van der Waals surface area (Å²) in [5, 5.41) is 21.6. The lowest BCUT2D eigenvalue weighted by atomic mass is 9.69. The van der Waals surface area contributed by atoms with Gasteiger partial charge in [-0.15, -0.1) is 0 Å². The van der Waals surface area contributed by atoms with Gasteiger partial charge in [-0.2, -0.15) is 4.98 Å². The maximum Gasteiger partial charge on any atom is 0.277 e. The van der Waals surface area contributed by atoms with E-state index in [0.29, 0.717) is 18.2 Å². The Hall–Kier alpha value is -1.80. The second-order valence-corrected chi connectivity index (χ2v) is 5.05. The van der Waals surface area contributed by atoms with Gasteiger partial charge in [0.25, 0.3) is 5.56 Å². The molecule has 1 aliphatic carbocycles. The summed E-state index contributed by atoms with van der Waals surface area (Å²) in [6.07, 6.45) is 0.775. The van der Waals surface area contributed by atoms with Gasteiger partial charge in [-0.3, -0.25) is 9.78 Å². The van der Waals surface area contributed by atoms with Gasteiger partial charge in [0, 0.05) is 25.2 Å². The molecule has 8 heteroatoms. The maximum atomic E-state index is 11.7. The SMILES string of the molecule is Nc1nc2c(c(=O)[nH]1)NCN2C1CC(CO)C1CO. The van der Waals surface area contributed by atoms with E-state index in [1.165, 1.54) is 0 Å². The predicted octanol–water partition coefficient (Wildman–Crippen LogP) is -1.47. The van der Waals surface area contributed by atoms with Crippen LogP contribution in [0.2, 0.25) is 0 Å². The number of nitrogens with one attached hydrogen (secondary N) is 2. The molecular formula is C11H17N5O3. The van der Waals surface area contributed by atoms with E-state index in [2.05, 4.69) is 15.3 Å². The Kier molecular flexibility index (Phi) is 2.83. The predicted molar refractivity (Wildman–Crippen MR) is 69.8 cm³/mol. The first-order valence-electron chi connectivity index (χ1n) is 6.27. The molecule has 19 heavy (non-hydrogen) atoms. The number of nitrogens with two attached hydrogens (primary N) is 1. The Morgan fingerprint density at radius 1 is 1.42 bits per heavy atom. The van der Waals surface area contributed by atoms with E-state index < -0.39 is 0 Å². The van der Waals surface area contributed by atoms with Crippen molar-refractivity contribution in [2.24, 2.45) is 11.8 Å². The van der Waals surface area contributed by atoms with Crippen molar-refractivity contribution < 1.29 is 10.2 Å². The van der Waals surface area contributed by atoms with Crippen LogP contribution in [0.4, 0.5) is 17.5 Å². The molecule has 1 aliphatic heterocycles. The number of nitrogens with zero attached hydrogens (tertiary/aromatic N) is 2. The molecule has 0 bridgehead atoms. The molecule has 3 rings (SSSR count). The van der Waals surface area contributed by atoms with Gasteiger partial charge in [0.2, 0.25) is 5.95 Å². The normalized spacial score (nSPS) is 28.7. The molecule has 1 saturated carbocycles. The number of aromatic amines is 1. The molecule has 0 radical (unpaired) electrons. The van der Waals surface area contributed by atoms with Gasteiger partial charge in [0.05, 0.1) is 6.67 Å². The number of anilines is 3. The number of aromatic nitrogens is 2. The van der Waals surface area contributed by atoms with Gasteiger partial charge in [-0.1, -0.05) is 0 Å². The van der Waals surface area contributed by atoms with Crippen molar-refractivity contribution in [3.05, 3.63) is 10.4 Å². The third-order valence-corrected chi connectivity index (χ3v) is 4.11. The van der Waals surface area contributed by atoms with Crippen LogP contribution in [0.25, 0.3) is 0 Å². The van der Waals surface area contributed by atoms with Crippen molar-refractivity contribution in [3.8, 4) is 0 Å². The summed E-state index contributed by atoms with van der Waals surface area (Å²) in [6.45, 7) is 0.551. The second-order valence-electron chi connectivity index (χ2n) is 5.05. The molecule has 8 nitrogen and oxygen atoms in total. The second kappa shape index (κ2) is 4.39. The number of aliphatic hydroxyl groups excluding tert-OH is 2. The van der Waals surface area contributed by atoms with E-state index in [9.17, 15) is 15.0 Å². The maximum absolute atomic E-state index is 11.7.